The topological polar surface area (TPSA) is 45.2 Å². The van der Waals surface area contributed by atoms with Crippen molar-refractivity contribution in [2.75, 3.05) is 6.54 Å². The summed E-state index contributed by atoms with van der Waals surface area (Å²) >= 11 is 1.72. The monoisotopic (exact) mass is 254 g/mol. The molecule has 2 N–H and O–H groups in total. The molecule has 96 valence electrons. The summed E-state index contributed by atoms with van der Waals surface area (Å²) in [4.78, 5) is 5.47. The van der Waals surface area contributed by atoms with Crippen molar-refractivity contribution in [1.82, 2.24) is 10.3 Å². The Kier molecular flexibility index (Phi) is 4.17. The maximum absolute atomic E-state index is 10.5. The summed E-state index contributed by atoms with van der Waals surface area (Å²) in [5.41, 5.74) is -0.489. The average Bonchev–Trinajstić information content (AvgIpc) is 2.63. The molecule has 1 fully saturated rings. The van der Waals surface area contributed by atoms with Crippen molar-refractivity contribution in [1.29, 1.82) is 0 Å². The zero-order valence-corrected chi connectivity index (χ0v) is 11.5. The van der Waals surface area contributed by atoms with Gasteiger partial charge in [-0.05, 0) is 25.7 Å². The van der Waals surface area contributed by atoms with Crippen LogP contribution in [0.5, 0.6) is 0 Å². The van der Waals surface area contributed by atoms with Gasteiger partial charge in [0.2, 0.25) is 0 Å². The molecule has 2 unspecified atom stereocenters. The van der Waals surface area contributed by atoms with Gasteiger partial charge in [-0.15, -0.1) is 11.3 Å². The number of hydrogen-bond donors (Lipinski definition) is 2. The second kappa shape index (κ2) is 5.46. The Hall–Kier alpha value is -0.450. The van der Waals surface area contributed by atoms with Gasteiger partial charge < -0.3 is 10.4 Å². The van der Waals surface area contributed by atoms with Gasteiger partial charge in [-0.2, -0.15) is 0 Å². The second-order valence-corrected chi connectivity index (χ2v) is 6.69. The van der Waals surface area contributed by atoms with Crippen LogP contribution in [0.25, 0.3) is 0 Å². The summed E-state index contributed by atoms with van der Waals surface area (Å²) in [7, 11) is 0. The molecule has 4 heteroatoms. The fourth-order valence-electron chi connectivity index (χ4n) is 2.70. The highest BCUT2D eigenvalue weighted by molar-refractivity contribution is 7.11. The first-order valence-electron chi connectivity index (χ1n) is 6.42. The van der Waals surface area contributed by atoms with Gasteiger partial charge in [0.1, 0.15) is 0 Å². The molecule has 0 spiro atoms. The van der Waals surface area contributed by atoms with Gasteiger partial charge in [-0.25, -0.2) is 4.98 Å². The minimum Gasteiger partial charge on any atom is -0.389 e. The molecule has 3 nitrogen and oxygen atoms in total. The molecular formula is C13H22N2OS. The van der Waals surface area contributed by atoms with Crippen molar-refractivity contribution < 1.29 is 5.11 Å². The van der Waals surface area contributed by atoms with E-state index in [0.717, 1.165) is 30.8 Å². The van der Waals surface area contributed by atoms with E-state index in [1.54, 1.807) is 11.3 Å². The third kappa shape index (κ3) is 3.76. The van der Waals surface area contributed by atoms with Crippen LogP contribution in [0.3, 0.4) is 0 Å². The summed E-state index contributed by atoms with van der Waals surface area (Å²) in [5, 5.41) is 14.9. The van der Waals surface area contributed by atoms with Gasteiger partial charge in [0.15, 0.2) is 0 Å². The van der Waals surface area contributed by atoms with E-state index < -0.39 is 5.60 Å². The van der Waals surface area contributed by atoms with Crippen LogP contribution in [0.15, 0.2) is 6.20 Å². The van der Waals surface area contributed by atoms with Gasteiger partial charge in [0.05, 0.1) is 10.6 Å². The van der Waals surface area contributed by atoms with E-state index in [9.17, 15) is 5.11 Å². The van der Waals surface area contributed by atoms with Crippen LogP contribution in [0.1, 0.15) is 42.5 Å². The third-order valence-corrected chi connectivity index (χ3v) is 4.40. The van der Waals surface area contributed by atoms with Gasteiger partial charge in [0.25, 0.3) is 0 Å². The summed E-state index contributed by atoms with van der Waals surface area (Å²) in [6.07, 6.45) is 6.20. The van der Waals surface area contributed by atoms with Gasteiger partial charge in [0, 0.05) is 24.2 Å². The van der Waals surface area contributed by atoms with Crippen LogP contribution < -0.4 is 5.32 Å². The van der Waals surface area contributed by atoms with E-state index in [0.29, 0.717) is 12.5 Å². The van der Waals surface area contributed by atoms with Gasteiger partial charge in [-0.3, -0.25) is 0 Å². The minimum atomic E-state index is -0.489. The molecule has 0 amide bonds. The van der Waals surface area contributed by atoms with Crippen LogP contribution in [0.2, 0.25) is 0 Å². The molecule has 1 aromatic heterocycles. The number of nitrogens with one attached hydrogen (secondary N) is 1. The Balaban J connectivity index is 1.77. The summed E-state index contributed by atoms with van der Waals surface area (Å²) in [6, 6.07) is 0. The molecule has 0 aliphatic heterocycles. The lowest BCUT2D eigenvalue weighted by atomic mass is 9.79. The predicted molar refractivity (Wildman–Crippen MR) is 71.1 cm³/mol. The number of aryl methyl sites for hydroxylation is 1. The molecule has 0 saturated heterocycles. The first kappa shape index (κ1) is 13.0. The molecule has 2 rings (SSSR count). The van der Waals surface area contributed by atoms with E-state index in [2.05, 4.69) is 17.2 Å². The summed E-state index contributed by atoms with van der Waals surface area (Å²) in [6.45, 7) is 5.78. The van der Waals surface area contributed by atoms with E-state index >= 15 is 0 Å². The average molecular weight is 254 g/mol. The van der Waals surface area contributed by atoms with Crippen LogP contribution in [0.4, 0.5) is 0 Å². The maximum atomic E-state index is 10.5. The van der Waals surface area contributed by atoms with Crippen molar-refractivity contribution in [3.63, 3.8) is 0 Å². The highest BCUT2D eigenvalue weighted by atomic mass is 32.1. The molecule has 1 aromatic rings. The van der Waals surface area contributed by atoms with Crippen LogP contribution in [-0.2, 0) is 6.54 Å². The Morgan fingerprint density at radius 2 is 2.47 bits per heavy atom. The lowest BCUT2D eigenvalue weighted by Gasteiger charge is -2.35. The molecule has 1 saturated carbocycles. The van der Waals surface area contributed by atoms with Crippen molar-refractivity contribution >= 4 is 11.3 Å². The lowest BCUT2D eigenvalue weighted by molar-refractivity contribution is -0.0118. The maximum Gasteiger partial charge on any atom is 0.0897 e. The Morgan fingerprint density at radius 1 is 1.65 bits per heavy atom. The quantitative estimate of drug-likeness (QED) is 0.867. The summed E-state index contributed by atoms with van der Waals surface area (Å²) in [5.74, 6) is 0.654. The number of nitrogens with zero attached hydrogens (tertiary/aromatic N) is 1. The number of aromatic nitrogens is 1. The zero-order chi connectivity index (χ0) is 12.3. The Morgan fingerprint density at radius 3 is 3.12 bits per heavy atom. The standard InChI is InChI=1S/C13H22N2OS/c1-10-4-3-5-13(16,6-10)9-14-7-12-8-15-11(2)17-12/h8,10,14,16H,3-7,9H2,1-2H3. The highest BCUT2D eigenvalue weighted by Gasteiger charge is 2.31. The highest BCUT2D eigenvalue weighted by Crippen LogP contribution is 2.31. The number of rotatable bonds is 4. The lowest BCUT2D eigenvalue weighted by Crippen LogP contribution is -2.43. The van der Waals surface area contributed by atoms with E-state index in [4.69, 9.17) is 0 Å². The van der Waals surface area contributed by atoms with E-state index in [1.807, 2.05) is 13.1 Å². The fraction of sp³-hybridized carbons (Fsp3) is 0.769. The Bertz CT molecular complexity index is 366. The van der Waals surface area contributed by atoms with Gasteiger partial charge >= 0.3 is 0 Å². The first-order chi connectivity index (χ1) is 8.07. The molecule has 1 aliphatic rings. The second-order valence-electron chi connectivity index (χ2n) is 5.38. The minimum absolute atomic E-state index is 0.489. The van der Waals surface area contributed by atoms with Crippen molar-refractivity contribution in [3.05, 3.63) is 16.1 Å². The normalized spacial score (nSPS) is 29.5. The predicted octanol–water partition coefficient (Wildman–Crippen LogP) is 2.48. The number of hydrogen-bond acceptors (Lipinski definition) is 4. The first-order valence-corrected chi connectivity index (χ1v) is 7.23. The van der Waals surface area contributed by atoms with Crippen molar-refractivity contribution in [2.45, 2.75) is 51.7 Å². The zero-order valence-electron chi connectivity index (χ0n) is 10.7. The van der Waals surface area contributed by atoms with Crippen LogP contribution >= 0.6 is 11.3 Å². The molecule has 1 heterocycles. The third-order valence-electron chi connectivity index (χ3n) is 3.49. The van der Waals surface area contributed by atoms with E-state index in [-0.39, 0.29) is 0 Å². The van der Waals surface area contributed by atoms with Crippen LogP contribution in [-0.4, -0.2) is 22.2 Å². The molecule has 1 aliphatic carbocycles. The smallest absolute Gasteiger partial charge is 0.0897 e. The van der Waals surface area contributed by atoms with Crippen LogP contribution in [0, 0.1) is 12.8 Å². The number of aliphatic hydroxyl groups is 1. The SMILES string of the molecule is Cc1ncc(CNCC2(O)CCCC(C)C2)s1. The molecule has 0 bridgehead atoms. The molecule has 2 atom stereocenters. The molecular weight excluding hydrogens is 232 g/mol. The number of thiazole rings is 1. The fourth-order valence-corrected chi connectivity index (χ4v) is 3.46. The Labute approximate surface area is 107 Å². The van der Waals surface area contributed by atoms with Crippen molar-refractivity contribution in [2.24, 2.45) is 5.92 Å². The van der Waals surface area contributed by atoms with Gasteiger partial charge in [-0.1, -0.05) is 19.8 Å². The largest absolute Gasteiger partial charge is 0.389 e. The summed E-state index contributed by atoms with van der Waals surface area (Å²) < 4.78 is 0. The van der Waals surface area contributed by atoms with Crippen molar-refractivity contribution in [3.8, 4) is 0 Å². The van der Waals surface area contributed by atoms with E-state index in [1.165, 1.54) is 11.3 Å². The molecule has 0 aromatic carbocycles. The molecule has 0 radical (unpaired) electrons. The molecule has 17 heavy (non-hydrogen) atoms.